The van der Waals surface area contributed by atoms with Gasteiger partial charge >= 0.3 is 6.09 Å². The van der Waals surface area contributed by atoms with Crippen LogP contribution >= 0.6 is 27.3 Å². The number of hydrogen-bond donors (Lipinski definition) is 2. The van der Waals surface area contributed by atoms with Gasteiger partial charge < -0.3 is 25.2 Å². The molecule has 2 N–H and O–H groups in total. The van der Waals surface area contributed by atoms with Crippen molar-refractivity contribution < 1.29 is 19.1 Å². The maximum absolute atomic E-state index is 13.5. The van der Waals surface area contributed by atoms with Crippen molar-refractivity contribution in [2.24, 2.45) is 0 Å². The third kappa shape index (κ3) is 6.02. The Morgan fingerprint density at radius 3 is 2.68 bits per heavy atom. The average Bonchev–Trinajstić information content (AvgIpc) is 3.63. The molecule has 3 aromatic rings. The number of anilines is 2. The molecule has 2 saturated heterocycles. The van der Waals surface area contributed by atoms with E-state index in [1.54, 1.807) is 17.0 Å². The van der Waals surface area contributed by atoms with Gasteiger partial charge in [-0.3, -0.25) is 9.59 Å². The number of hydrogen-bond acceptors (Lipinski definition) is 6. The predicted octanol–water partition coefficient (Wildman–Crippen LogP) is 5.43. The fourth-order valence-corrected chi connectivity index (χ4v) is 6.20. The molecule has 2 aliphatic rings. The Morgan fingerprint density at radius 2 is 1.95 bits per heavy atom. The molecular formula is C28H29BrN4O4S. The molecule has 0 aliphatic carbocycles. The second-order valence-corrected chi connectivity index (χ2v) is 12.0. The molecule has 5 rings (SSSR count). The first-order valence-corrected chi connectivity index (χ1v) is 14.2. The number of likely N-dealkylation sites (tertiary alicyclic amines) is 1. The van der Waals surface area contributed by atoms with Crippen LogP contribution in [0.3, 0.4) is 0 Å². The highest BCUT2D eigenvalue weighted by Crippen LogP contribution is 2.30. The smallest absolute Gasteiger partial charge is 0.399 e. The average molecular weight is 598 g/mol. The van der Waals surface area contributed by atoms with Gasteiger partial charge in [-0.2, -0.15) is 0 Å². The molecule has 0 spiro atoms. The van der Waals surface area contributed by atoms with E-state index >= 15 is 0 Å². The van der Waals surface area contributed by atoms with E-state index in [1.165, 1.54) is 11.3 Å². The zero-order valence-electron chi connectivity index (χ0n) is 21.0. The van der Waals surface area contributed by atoms with Gasteiger partial charge in [0.05, 0.1) is 9.83 Å². The summed E-state index contributed by atoms with van der Waals surface area (Å²) in [6, 6.07) is 18.8. The van der Waals surface area contributed by atoms with Crippen LogP contribution in [0.25, 0.3) is 0 Å². The van der Waals surface area contributed by atoms with Crippen LogP contribution in [-0.2, 0) is 4.79 Å². The number of benzene rings is 2. The lowest BCUT2D eigenvalue weighted by Gasteiger charge is -2.26. The van der Waals surface area contributed by atoms with E-state index < -0.39 is 6.09 Å². The Balaban J connectivity index is 1.20. The topological polar surface area (TPSA) is 91.0 Å². The van der Waals surface area contributed by atoms with E-state index in [9.17, 15) is 14.4 Å². The lowest BCUT2D eigenvalue weighted by atomic mass is 10.1. The Labute approximate surface area is 234 Å². The second-order valence-electron chi connectivity index (χ2n) is 9.54. The summed E-state index contributed by atoms with van der Waals surface area (Å²) in [5, 5.41) is 6.69. The van der Waals surface area contributed by atoms with Crippen LogP contribution in [0.1, 0.15) is 35.2 Å². The third-order valence-electron chi connectivity index (χ3n) is 6.89. The van der Waals surface area contributed by atoms with E-state index in [4.69, 9.17) is 4.74 Å². The summed E-state index contributed by atoms with van der Waals surface area (Å²) in [5.74, 6) is -0.0686. The SMILES string of the molecule is Cc1cc(N2CC(NC(=O)Oc3ccc(Br)s3)CC2=O)ccc1C(=O)N1CCC[C@H]1CNc1ccccc1. The van der Waals surface area contributed by atoms with Gasteiger partial charge in [0.15, 0.2) is 5.06 Å². The molecule has 0 bridgehead atoms. The van der Waals surface area contributed by atoms with Gasteiger partial charge in [-0.15, -0.1) is 0 Å². The molecule has 1 unspecified atom stereocenters. The summed E-state index contributed by atoms with van der Waals surface area (Å²) in [6.07, 6.45) is 1.55. The summed E-state index contributed by atoms with van der Waals surface area (Å²) < 4.78 is 6.16. The molecule has 198 valence electrons. The fourth-order valence-electron chi connectivity index (χ4n) is 5.01. The minimum atomic E-state index is -0.585. The molecule has 38 heavy (non-hydrogen) atoms. The highest BCUT2D eigenvalue weighted by molar-refractivity contribution is 9.11. The lowest BCUT2D eigenvalue weighted by Crippen LogP contribution is -2.40. The monoisotopic (exact) mass is 596 g/mol. The van der Waals surface area contributed by atoms with Crippen molar-refractivity contribution in [2.45, 2.75) is 38.3 Å². The molecule has 1 aromatic heterocycles. The van der Waals surface area contributed by atoms with Gasteiger partial charge in [0, 0.05) is 49.0 Å². The molecular weight excluding hydrogens is 568 g/mol. The number of nitrogens with zero attached hydrogens (tertiary/aromatic N) is 2. The summed E-state index contributed by atoms with van der Waals surface area (Å²) in [5.41, 5.74) is 3.23. The summed E-state index contributed by atoms with van der Waals surface area (Å²) >= 11 is 4.65. The Kier molecular flexibility index (Phi) is 7.99. The summed E-state index contributed by atoms with van der Waals surface area (Å²) in [6.45, 7) is 3.68. The Bertz CT molecular complexity index is 1330. The Hall–Kier alpha value is -3.37. The highest BCUT2D eigenvalue weighted by Gasteiger charge is 2.33. The zero-order valence-corrected chi connectivity index (χ0v) is 23.4. The number of amides is 3. The molecule has 0 saturated carbocycles. The molecule has 3 heterocycles. The molecule has 8 nitrogen and oxygen atoms in total. The molecule has 3 amide bonds. The van der Waals surface area contributed by atoms with Crippen LogP contribution in [0.15, 0.2) is 64.5 Å². The van der Waals surface area contributed by atoms with E-state index in [0.29, 0.717) is 29.4 Å². The largest absolute Gasteiger partial charge is 0.413 e. The number of aryl methyl sites for hydroxylation is 1. The maximum atomic E-state index is 13.5. The van der Waals surface area contributed by atoms with E-state index in [0.717, 1.165) is 34.4 Å². The van der Waals surface area contributed by atoms with Crippen molar-refractivity contribution in [1.29, 1.82) is 0 Å². The van der Waals surface area contributed by atoms with Crippen molar-refractivity contribution in [1.82, 2.24) is 10.2 Å². The van der Waals surface area contributed by atoms with Crippen LogP contribution in [-0.4, -0.2) is 54.5 Å². The first-order valence-electron chi connectivity index (χ1n) is 12.6. The summed E-state index contributed by atoms with van der Waals surface area (Å²) in [4.78, 5) is 42.1. The zero-order chi connectivity index (χ0) is 26.6. The molecule has 2 atom stereocenters. The lowest BCUT2D eigenvalue weighted by molar-refractivity contribution is -0.117. The Morgan fingerprint density at radius 1 is 1.13 bits per heavy atom. The van der Waals surface area contributed by atoms with Crippen LogP contribution in [0.5, 0.6) is 5.06 Å². The minimum absolute atomic E-state index is 0.0154. The molecule has 2 aliphatic heterocycles. The number of nitrogens with one attached hydrogen (secondary N) is 2. The maximum Gasteiger partial charge on any atom is 0.413 e. The van der Waals surface area contributed by atoms with Crippen molar-refractivity contribution in [2.75, 3.05) is 29.9 Å². The number of rotatable bonds is 7. The first kappa shape index (κ1) is 26.2. The number of ether oxygens (including phenoxy) is 1. The molecule has 10 heteroatoms. The molecule has 0 radical (unpaired) electrons. The van der Waals surface area contributed by atoms with Gasteiger partial charge in [0.2, 0.25) is 5.91 Å². The van der Waals surface area contributed by atoms with Gasteiger partial charge in [-0.1, -0.05) is 29.5 Å². The van der Waals surface area contributed by atoms with Crippen LogP contribution < -0.4 is 20.3 Å². The second kappa shape index (κ2) is 11.6. The van der Waals surface area contributed by atoms with Crippen molar-refractivity contribution >= 4 is 56.5 Å². The standard InChI is InChI=1S/C28H29BrN4O4S/c1-18-14-21(33-17-20(15-25(33)34)31-28(36)37-26-12-11-24(29)38-26)9-10-23(18)27(35)32-13-5-8-22(32)16-30-19-6-3-2-4-7-19/h2-4,6-7,9-12,14,20,22,30H,5,8,13,15-17H2,1H3,(H,31,36)/t20?,22-/m0/s1. The van der Waals surface area contributed by atoms with Crippen LogP contribution in [0.4, 0.5) is 16.2 Å². The van der Waals surface area contributed by atoms with Crippen molar-refractivity contribution in [3.05, 3.63) is 75.6 Å². The number of carbonyl (C=O) groups is 3. The first-order chi connectivity index (χ1) is 18.4. The van der Waals surface area contributed by atoms with Gasteiger partial charge in [-0.25, -0.2) is 4.79 Å². The van der Waals surface area contributed by atoms with E-state index in [1.807, 2.05) is 60.4 Å². The number of carbonyl (C=O) groups excluding carboxylic acids is 3. The molecule has 2 aromatic carbocycles. The van der Waals surface area contributed by atoms with Gasteiger partial charge in [-0.05, 0) is 83.7 Å². The van der Waals surface area contributed by atoms with E-state index in [-0.39, 0.29) is 30.3 Å². The highest BCUT2D eigenvalue weighted by atomic mass is 79.9. The van der Waals surface area contributed by atoms with Gasteiger partial charge in [0.25, 0.3) is 5.91 Å². The number of para-hydroxylation sites is 1. The quantitative estimate of drug-likeness (QED) is 0.379. The number of halogens is 1. The van der Waals surface area contributed by atoms with E-state index in [2.05, 4.69) is 26.6 Å². The van der Waals surface area contributed by atoms with Crippen LogP contribution in [0.2, 0.25) is 0 Å². The minimum Gasteiger partial charge on any atom is -0.399 e. The molecule has 2 fully saturated rings. The third-order valence-corrected chi connectivity index (χ3v) is 8.40. The van der Waals surface area contributed by atoms with Crippen LogP contribution in [0, 0.1) is 6.92 Å². The summed E-state index contributed by atoms with van der Waals surface area (Å²) in [7, 11) is 0. The normalized spacial score (nSPS) is 19.1. The van der Waals surface area contributed by atoms with Crippen molar-refractivity contribution in [3.63, 3.8) is 0 Å². The number of thiophene rings is 1. The van der Waals surface area contributed by atoms with Gasteiger partial charge in [0.1, 0.15) is 0 Å². The predicted molar refractivity (Wildman–Crippen MR) is 152 cm³/mol. The fraction of sp³-hybridized carbons (Fsp3) is 0.321. The van der Waals surface area contributed by atoms with Crippen molar-refractivity contribution in [3.8, 4) is 5.06 Å².